The Hall–Kier alpha value is -0.200. The lowest BCUT2D eigenvalue weighted by molar-refractivity contribution is -0.174. The third-order valence-corrected chi connectivity index (χ3v) is 2.62. The van der Waals surface area contributed by atoms with Crippen LogP contribution in [-0.2, 0) is 9.47 Å². The first-order valence-corrected chi connectivity index (χ1v) is 4.40. The molecule has 13 heavy (non-hydrogen) atoms. The van der Waals surface area contributed by atoms with E-state index >= 15 is 0 Å². The van der Waals surface area contributed by atoms with Gasteiger partial charge in [0.1, 0.15) is 24.4 Å². The Labute approximate surface area is 76.4 Å². The molecule has 5 heteroatoms. The second-order valence-electron chi connectivity index (χ2n) is 4.12. The number of hydrogen-bond donors (Lipinski definition) is 3. The first-order chi connectivity index (χ1) is 5.92. The van der Waals surface area contributed by atoms with E-state index < -0.39 is 36.2 Å². The Morgan fingerprint density at radius 2 is 1.62 bits per heavy atom. The molecular weight excluding hydrogens is 174 g/mol. The molecule has 5 nitrogen and oxygen atoms in total. The third-order valence-electron chi connectivity index (χ3n) is 2.62. The van der Waals surface area contributed by atoms with Crippen molar-refractivity contribution in [2.45, 2.75) is 50.1 Å². The van der Waals surface area contributed by atoms with Crippen molar-refractivity contribution in [1.82, 2.24) is 0 Å². The molecule has 1 heterocycles. The van der Waals surface area contributed by atoms with Gasteiger partial charge in [-0.05, 0) is 13.8 Å². The number of aliphatic hydroxyl groups excluding tert-OH is 2. The number of rotatable bonds is 0. The normalized spacial score (nSPS) is 53.8. The quantitative estimate of drug-likeness (QED) is 0.435. The Morgan fingerprint density at radius 3 is 2.15 bits per heavy atom. The minimum Gasteiger partial charge on any atom is -0.389 e. The van der Waals surface area contributed by atoms with E-state index in [-0.39, 0.29) is 0 Å². The molecular formula is C8H15NO4. The summed E-state index contributed by atoms with van der Waals surface area (Å²) >= 11 is 0. The summed E-state index contributed by atoms with van der Waals surface area (Å²) in [6.45, 7) is 3.52. The van der Waals surface area contributed by atoms with Crippen LogP contribution in [0.2, 0.25) is 0 Å². The fourth-order valence-corrected chi connectivity index (χ4v) is 2.00. The van der Waals surface area contributed by atoms with Crippen LogP contribution in [-0.4, -0.2) is 46.5 Å². The summed E-state index contributed by atoms with van der Waals surface area (Å²) in [6, 6.07) is -0.568. The van der Waals surface area contributed by atoms with Crippen molar-refractivity contribution in [1.29, 1.82) is 0 Å². The molecule has 1 aliphatic heterocycles. The van der Waals surface area contributed by atoms with Gasteiger partial charge in [-0.1, -0.05) is 0 Å². The van der Waals surface area contributed by atoms with Crippen LogP contribution < -0.4 is 5.73 Å². The lowest BCUT2D eigenvalue weighted by atomic mass is 10.2. The van der Waals surface area contributed by atoms with Crippen LogP contribution in [0.3, 0.4) is 0 Å². The first kappa shape index (κ1) is 9.36. The second-order valence-corrected chi connectivity index (χ2v) is 4.12. The molecule has 1 saturated heterocycles. The molecule has 4 N–H and O–H groups in total. The molecule has 2 aliphatic rings. The van der Waals surface area contributed by atoms with E-state index in [1.54, 1.807) is 13.8 Å². The van der Waals surface area contributed by atoms with Crippen molar-refractivity contribution in [3.63, 3.8) is 0 Å². The molecule has 2 fully saturated rings. The van der Waals surface area contributed by atoms with Gasteiger partial charge in [0.25, 0.3) is 0 Å². The molecule has 0 aromatic heterocycles. The van der Waals surface area contributed by atoms with E-state index in [4.69, 9.17) is 15.2 Å². The summed E-state index contributed by atoms with van der Waals surface area (Å²) in [7, 11) is 0. The molecule has 1 aliphatic carbocycles. The van der Waals surface area contributed by atoms with Crippen LogP contribution in [0.25, 0.3) is 0 Å². The standard InChI is InChI=1S/C8H15NO4/c1-8(2)12-6-3(9)4(10)5(11)7(6)13-8/h3-7,10-11H,9H2,1-2H3. The second kappa shape index (κ2) is 2.65. The molecule has 0 spiro atoms. The van der Waals surface area contributed by atoms with Gasteiger partial charge in [-0.2, -0.15) is 0 Å². The number of hydrogen-bond acceptors (Lipinski definition) is 5. The van der Waals surface area contributed by atoms with Gasteiger partial charge in [0.05, 0.1) is 6.04 Å². The molecule has 76 valence electrons. The Morgan fingerprint density at radius 1 is 1.08 bits per heavy atom. The molecule has 5 atom stereocenters. The lowest BCUT2D eigenvalue weighted by Gasteiger charge is -2.23. The summed E-state index contributed by atoms with van der Waals surface area (Å²) in [6.07, 6.45) is -2.80. The van der Waals surface area contributed by atoms with E-state index in [0.29, 0.717) is 0 Å². The van der Waals surface area contributed by atoms with Crippen molar-refractivity contribution in [2.24, 2.45) is 5.73 Å². The van der Waals surface area contributed by atoms with Gasteiger partial charge >= 0.3 is 0 Å². The zero-order chi connectivity index (χ0) is 9.80. The topological polar surface area (TPSA) is 84.9 Å². The Kier molecular flexibility index (Phi) is 1.91. The van der Waals surface area contributed by atoms with E-state index in [0.717, 1.165) is 0 Å². The Balaban J connectivity index is 2.18. The van der Waals surface area contributed by atoms with Crippen molar-refractivity contribution < 1.29 is 19.7 Å². The average molecular weight is 189 g/mol. The summed E-state index contributed by atoms with van der Waals surface area (Å²) in [5.41, 5.74) is 5.66. The highest BCUT2D eigenvalue weighted by atomic mass is 16.8. The maximum atomic E-state index is 9.54. The van der Waals surface area contributed by atoms with Crippen LogP contribution in [0, 0.1) is 0 Å². The summed E-state index contributed by atoms with van der Waals surface area (Å²) in [4.78, 5) is 0. The number of nitrogens with two attached hydrogens (primary N) is 1. The monoisotopic (exact) mass is 189 g/mol. The average Bonchev–Trinajstić information content (AvgIpc) is 2.44. The maximum Gasteiger partial charge on any atom is 0.163 e. The van der Waals surface area contributed by atoms with E-state index in [1.807, 2.05) is 0 Å². The molecule has 1 saturated carbocycles. The fraction of sp³-hybridized carbons (Fsp3) is 1.00. The summed E-state index contributed by atoms with van der Waals surface area (Å²) < 4.78 is 10.9. The van der Waals surface area contributed by atoms with E-state index in [1.165, 1.54) is 0 Å². The van der Waals surface area contributed by atoms with Crippen LogP contribution in [0.5, 0.6) is 0 Å². The molecule has 2 rings (SSSR count). The SMILES string of the molecule is CC1(C)OC2C(N)C(O)C(O)C2O1. The van der Waals surface area contributed by atoms with Crippen LogP contribution >= 0.6 is 0 Å². The van der Waals surface area contributed by atoms with Gasteiger partial charge < -0.3 is 25.4 Å². The number of ether oxygens (including phenoxy) is 2. The maximum absolute atomic E-state index is 9.54. The number of aliphatic hydroxyl groups is 2. The van der Waals surface area contributed by atoms with E-state index in [2.05, 4.69) is 0 Å². The number of fused-ring (bicyclic) bond motifs is 1. The van der Waals surface area contributed by atoms with Gasteiger partial charge in [0.2, 0.25) is 0 Å². The van der Waals surface area contributed by atoms with Gasteiger partial charge in [-0.25, -0.2) is 0 Å². The first-order valence-electron chi connectivity index (χ1n) is 4.40. The molecule has 0 amide bonds. The van der Waals surface area contributed by atoms with Crippen LogP contribution in [0.15, 0.2) is 0 Å². The van der Waals surface area contributed by atoms with Gasteiger partial charge in [0.15, 0.2) is 5.79 Å². The van der Waals surface area contributed by atoms with Crippen LogP contribution in [0.4, 0.5) is 0 Å². The van der Waals surface area contributed by atoms with Crippen molar-refractivity contribution in [3.05, 3.63) is 0 Å². The van der Waals surface area contributed by atoms with Gasteiger partial charge in [-0.15, -0.1) is 0 Å². The highest BCUT2D eigenvalue weighted by molar-refractivity contribution is 5.06. The highest BCUT2D eigenvalue weighted by Crippen LogP contribution is 2.37. The van der Waals surface area contributed by atoms with Crippen LogP contribution in [0.1, 0.15) is 13.8 Å². The molecule has 0 radical (unpaired) electrons. The molecule has 0 aromatic carbocycles. The lowest BCUT2D eigenvalue weighted by Crippen LogP contribution is -2.43. The fourth-order valence-electron chi connectivity index (χ4n) is 2.00. The zero-order valence-electron chi connectivity index (χ0n) is 7.68. The minimum absolute atomic E-state index is 0.403. The van der Waals surface area contributed by atoms with Crippen molar-refractivity contribution >= 4 is 0 Å². The van der Waals surface area contributed by atoms with Crippen molar-refractivity contribution in [3.8, 4) is 0 Å². The van der Waals surface area contributed by atoms with Gasteiger partial charge in [0, 0.05) is 0 Å². The smallest absolute Gasteiger partial charge is 0.163 e. The Bertz CT molecular complexity index is 200. The zero-order valence-corrected chi connectivity index (χ0v) is 7.68. The summed E-state index contributed by atoms with van der Waals surface area (Å²) in [5.74, 6) is -0.714. The predicted octanol–water partition coefficient (Wildman–Crippen LogP) is -1.43. The molecule has 0 aromatic rings. The summed E-state index contributed by atoms with van der Waals surface area (Å²) in [5, 5.41) is 18.9. The molecule has 5 unspecified atom stereocenters. The minimum atomic E-state index is -0.953. The third kappa shape index (κ3) is 1.28. The van der Waals surface area contributed by atoms with Crippen molar-refractivity contribution in [2.75, 3.05) is 0 Å². The van der Waals surface area contributed by atoms with Gasteiger partial charge in [-0.3, -0.25) is 0 Å². The predicted molar refractivity (Wildman–Crippen MR) is 43.8 cm³/mol. The van der Waals surface area contributed by atoms with E-state index in [9.17, 15) is 10.2 Å². The largest absolute Gasteiger partial charge is 0.389 e. The highest BCUT2D eigenvalue weighted by Gasteiger charge is 2.57. The molecule has 0 bridgehead atoms.